The van der Waals surface area contributed by atoms with Crippen LogP contribution in [0.1, 0.15) is 55.8 Å². The average Bonchev–Trinajstić information content (AvgIpc) is 3.10. The minimum atomic E-state index is -5.58. The first kappa shape index (κ1) is 39.8. The van der Waals surface area contributed by atoms with Crippen LogP contribution in [0.15, 0.2) is 95.1 Å². The van der Waals surface area contributed by atoms with Crippen LogP contribution in [-0.4, -0.2) is 61.7 Å². The highest BCUT2D eigenvalue weighted by Gasteiger charge is 2.57. The van der Waals surface area contributed by atoms with Gasteiger partial charge in [0.25, 0.3) is 20.2 Å². The van der Waals surface area contributed by atoms with Crippen LogP contribution < -0.4 is 21.2 Å². The van der Waals surface area contributed by atoms with E-state index in [1.807, 2.05) is 0 Å². The number of carbonyl (C=O) groups excluding carboxylic acids is 2. The molecule has 0 aromatic heterocycles. The van der Waals surface area contributed by atoms with Crippen molar-refractivity contribution in [3.63, 3.8) is 0 Å². The predicted molar refractivity (Wildman–Crippen MR) is 184 cm³/mol. The number of nitrogens with zero attached hydrogens (tertiary/aromatic N) is 2. The number of hydrogen-bond donors (Lipinski definition) is 4. The number of Topliss-reactive ketones (excluding diaryl/α,β-unsaturated/α-hetero) is 2. The number of fused-ring (bicyclic) bond motifs is 2. The zero-order chi connectivity index (χ0) is 41.2. The maximum Gasteiger partial charge on any atom is 0.573 e. The normalized spacial score (nSPS) is 21.8. The molecular formula is C34H24F6N4O10S2. The highest BCUT2D eigenvalue weighted by Crippen LogP contribution is 2.52. The molecule has 0 fully saturated rings. The van der Waals surface area contributed by atoms with Crippen molar-refractivity contribution in [3.8, 4) is 22.6 Å². The minimum absolute atomic E-state index is 0.395. The van der Waals surface area contributed by atoms with Crippen molar-refractivity contribution in [2.75, 3.05) is 0 Å². The summed E-state index contributed by atoms with van der Waals surface area (Å²) in [6.45, 7) is 0. The molecule has 0 saturated carbocycles. The second-order valence-corrected chi connectivity index (χ2v) is 15.7. The Morgan fingerprint density at radius 2 is 0.911 bits per heavy atom. The molecule has 4 aromatic carbocycles. The van der Waals surface area contributed by atoms with Crippen LogP contribution in [0.2, 0.25) is 0 Å². The summed E-state index contributed by atoms with van der Waals surface area (Å²) in [5, 5.41) is 6.59. The molecule has 2 aliphatic carbocycles. The van der Waals surface area contributed by atoms with Crippen molar-refractivity contribution >= 4 is 43.2 Å². The number of hydrazone groups is 2. The predicted octanol–water partition coefficient (Wildman–Crippen LogP) is 5.22. The van der Waals surface area contributed by atoms with Crippen LogP contribution in [0.25, 0.3) is 11.1 Å². The summed E-state index contributed by atoms with van der Waals surface area (Å²) in [6.07, 6.45) is -13.3. The lowest BCUT2D eigenvalue weighted by Gasteiger charge is -2.37. The second-order valence-electron chi connectivity index (χ2n) is 12.4. The number of ketones is 2. The van der Waals surface area contributed by atoms with Gasteiger partial charge in [-0.15, -0.1) is 26.3 Å². The maximum absolute atomic E-state index is 14.0. The fourth-order valence-electron chi connectivity index (χ4n) is 7.12. The van der Waals surface area contributed by atoms with Gasteiger partial charge in [-0.3, -0.25) is 18.7 Å². The maximum atomic E-state index is 14.0. The molecule has 2 atom stereocenters. The van der Waals surface area contributed by atoms with E-state index < -0.39 is 134 Å². The number of benzene rings is 4. The van der Waals surface area contributed by atoms with Crippen molar-refractivity contribution in [1.29, 1.82) is 0 Å². The van der Waals surface area contributed by atoms with Gasteiger partial charge in [-0.2, -0.15) is 27.0 Å². The largest absolute Gasteiger partial charge is 0.573 e. The molecule has 4 aromatic rings. The molecule has 0 spiro atoms. The first-order chi connectivity index (χ1) is 26.0. The Kier molecular flexibility index (Phi) is 9.55. The summed E-state index contributed by atoms with van der Waals surface area (Å²) >= 11 is 0. The first-order valence-electron chi connectivity index (χ1n) is 15.6. The molecule has 0 heterocycles. The molecule has 0 bridgehead atoms. The summed E-state index contributed by atoms with van der Waals surface area (Å²) in [4.78, 5) is 26.1. The Labute approximate surface area is 311 Å². The molecule has 0 amide bonds. The SMILES string of the molecule is N/N=C1/CC(c2ccc(-c3ccc(C4(S(=O)(=O)O)C/C(=N\N)C(=O)c5ccccc54)c(OC(F)(F)F)c3)cc2OC(F)(F)F)(S(=O)(=O)O)c2ccccc2C1=O. The molecule has 0 radical (unpaired) electrons. The molecule has 6 rings (SSSR count). The lowest BCUT2D eigenvalue weighted by Crippen LogP contribution is -2.46. The van der Waals surface area contributed by atoms with E-state index in [0.29, 0.717) is 12.1 Å². The number of rotatable bonds is 7. The van der Waals surface area contributed by atoms with E-state index in [1.54, 1.807) is 0 Å². The van der Waals surface area contributed by atoms with Crippen LogP contribution in [0.5, 0.6) is 11.5 Å². The van der Waals surface area contributed by atoms with Gasteiger partial charge in [-0.05, 0) is 34.4 Å². The molecular weight excluding hydrogens is 803 g/mol. The molecule has 56 heavy (non-hydrogen) atoms. The Morgan fingerprint density at radius 3 is 1.21 bits per heavy atom. The first-order valence-corrected chi connectivity index (χ1v) is 18.4. The monoisotopic (exact) mass is 826 g/mol. The fourth-order valence-corrected chi connectivity index (χ4v) is 9.56. The zero-order valence-electron chi connectivity index (χ0n) is 27.8. The lowest BCUT2D eigenvalue weighted by atomic mass is 9.75. The Bertz CT molecular complexity index is 2430. The Hall–Kier alpha value is -5.84. The van der Waals surface area contributed by atoms with Gasteiger partial charge < -0.3 is 21.2 Å². The van der Waals surface area contributed by atoms with E-state index in [-0.39, 0.29) is 0 Å². The highest BCUT2D eigenvalue weighted by atomic mass is 32.2. The van der Waals surface area contributed by atoms with E-state index in [2.05, 4.69) is 19.7 Å². The standard InChI is InChI=1S/C34H24F6N4O10S2/c35-33(36,37)53-27-13-17(9-11-23(27)31(55(47,48)49)15-25(43-41)29(45)19-5-1-3-7-21(19)31)18-10-12-24(28(14-18)54-34(38,39)40)32(56(50,51)52)16-26(44-42)30(46)20-6-2-4-8-22(20)32/h1-14H,15-16,41-42H2,(H,47,48,49)(H,50,51,52)/b43-25-,44-26+. The Balaban J connectivity index is 1.64. The summed E-state index contributed by atoms with van der Waals surface area (Å²) in [6, 6.07) is 13.9. The minimum Gasteiger partial charge on any atom is -0.405 e. The van der Waals surface area contributed by atoms with Gasteiger partial charge in [0.15, 0.2) is 9.49 Å². The molecule has 6 N–H and O–H groups in total. The average molecular weight is 827 g/mol. The third-order valence-corrected chi connectivity index (χ3v) is 12.3. The molecule has 22 heteroatoms. The zero-order valence-corrected chi connectivity index (χ0v) is 29.4. The van der Waals surface area contributed by atoms with Gasteiger partial charge in [0.1, 0.15) is 22.9 Å². The number of hydrogen-bond acceptors (Lipinski definition) is 12. The molecule has 2 unspecified atom stereocenters. The summed E-state index contributed by atoms with van der Waals surface area (Å²) in [7, 11) is -11.2. The molecule has 0 aliphatic heterocycles. The third kappa shape index (κ3) is 6.52. The lowest BCUT2D eigenvalue weighted by molar-refractivity contribution is -0.276. The van der Waals surface area contributed by atoms with Crippen LogP contribution in [0.4, 0.5) is 26.3 Å². The number of nitrogens with two attached hydrogens (primary N) is 2. The molecule has 2 aliphatic rings. The van der Waals surface area contributed by atoms with Crippen LogP contribution in [0.3, 0.4) is 0 Å². The number of halogens is 6. The second kappa shape index (κ2) is 13.4. The van der Waals surface area contributed by atoms with Crippen LogP contribution in [-0.2, 0) is 29.7 Å². The highest BCUT2D eigenvalue weighted by molar-refractivity contribution is 7.87. The van der Waals surface area contributed by atoms with Gasteiger partial charge in [-0.1, -0.05) is 72.8 Å². The summed E-state index contributed by atoms with van der Waals surface area (Å²) in [5.41, 5.74) is -5.70. The van der Waals surface area contributed by atoms with Gasteiger partial charge >= 0.3 is 12.7 Å². The third-order valence-electron chi connectivity index (χ3n) is 9.38. The van der Waals surface area contributed by atoms with E-state index in [4.69, 9.17) is 11.7 Å². The van der Waals surface area contributed by atoms with Crippen molar-refractivity contribution in [3.05, 3.63) is 118 Å². The smallest absolute Gasteiger partial charge is 0.405 e. The van der Waals surface area contributed by atoms with Crippen molar-refractivity contribution in [2.45, 2.75) is 35.1 Å². The van der Waals surface area contributed by atoms with E-state index in [0.717, 1.165) is 48.5 Å². The van der Waals surface area contributed by atoms with Gasteiger partial charge in [0.05, 0.1) is 0 Å². The molecule has 0 saturated heterocycles. The number of alkyl halides is 6. The van der Waals surface area contributed by atoms with Crippen LogP contribution >= 0.6 is 0 Å². The summed E-state index contributed by atoms with van der Waals surface area (Å²) in [5.74, 6) is 6.28. The van der Waals surface area contributed by atoms with Gasteiger partial charge in [-0.25, -0.2) is 0 Å². The van der Waals surface area contributed by atoms with Gasteiger partial charge in [0.2, 0.25) is 11.6 Å². The van der Waals surface area contributed by atoms with Gasteiger partial charge in [0, 0.05) is 35.1 Å². The van der Waals surface area contributed by atoms with E-state index in [1.165, 1.54) is 24.3 Å². The van der Waals surface area contributed by atoms with Crippen molar-refractivity contribution in [1.82, 2.24) is 0 Å². The molecule has 294 valence electrons. The number of carbonyl (C=O) groups is 2. The van der Waals surface area contributed by atoms with E-state index in [9.17, 15) is 61.9 Å². The molecule has 14 nitrogen and oxygen atoms in total. The quantitative estimate of drug-likeness (QED) is 0.0813. The fraction of sp³-hybridized carbons (Fsp3) is 0.176. The summed E-state index contributed by atoms with van der Waals surface area (Å²) < 4.78 is 161. The van der Waals surface area contributed by atoms with Crippen molar-refractivity contribution < 1.29 is 71.3 Å². The topological polar surface area (TPSA) is 238 Å². The number of ether oxygens (including phenoxy) is 2. The Morgan fingerprint density at radius 1 is 0.571 bits per heavy atom. The van der Waals surface area contributed by atoms with Crippen LogP contribution in [0, 0.1) is 0 Å². The van der Waals surface area contributed by atoms with Crippen molar-refractivity contribution in [2.24, 2.45) is 21.9 Å². The van der Waals surface area contributed by atoms with E-state index >= 15 is 0 Å².